The van der Waals surface area contributed by atoms with Crippen molar-refractivity contribution in [2.75, 3.05) is 11.9 Å². The Morgan fingerprint density at radius 3 is 2.55 bits per heavy atom. The van der Waals surface area contributed by atoms with Gasteiger partial charge in [-0.25, -0.2) is 9.67 Å². The van der Waals surface area contributed by atoms with E-state index in [0.717, 1.165) is 60.4 Å². The van der Waals surface area contributed by atoms with Gasteiger partial charge >= 0.3 is 0 Å². The number of ether oxygens (including phenoxy) is 1. The highest BCUT2D eigenvalue weighted by Crippen LogP contribution is 2.35. The van der Waals surface area contributed by atoms with Crippen molar-refractivity contribution in [1.82, 2.24) is 14.8 Å². The van der Waals surface area contributed by atoms with Gasteiger partial charge in [0, 0.05) is 11.4 Å². The molecule has 2 heterocycles. The standard InChI is InChI=1S/C26H30N4O2S/c1-14(2)20-9-8-15(3)10-22(20)32-13-23(31)28-24-16(4)11-21-25(19(24)7)33-26(27-21)30-18(6)12-17(5)29-30/h8-12,14H,13H2,1-7H3,(H,28,31). The summed E-state index contributed by atoms with van der Waals surface area (Å²) in [5, 5.41) is 8.44. The van der Waals surface area contributed by atoms with E-state index < -0.39 is 0 Å². The van der Waals surface area contributed by atoms with E-state index in [1.807, 2.05) is 57.5 Å². The fourth-order valence-corrected chi connectivity index (χ4v) is 5.10. The number of carbonyl (C=O) groups is 1. The van der Waals surface area contributed by atoms with Crippen molar-refractivity contribution in [2.24, 2.45) is 0 Å². The van der Waals surface area contributed by atoms with E-state index in [0.29, 0.717) is 5.92 Å². The Kier molecular flexibility index (Phi) is 6.26. The van der Waals surface area contributed by atoms with Crippen LogP contribution in [0.4, 0.5) is 5.69 Å². The largest absolute Gasteiger partial charge is 0.483 e. The minimum absolute atomic E-state index is 0.0419. The summed E-state index contributed by atoms with van der Waals surface area (Å²) in [6, 6.07) is 10.2. The maximum atomic E-state index is 12.8. The predicted octanol–water partition coefficient (Wildman–Crippen LogP) is 6.17. The summed E-state index contributed by atoms with van der Waals surface area (Å²) in [5.41, 5.74) is 7.91. The van der Waals surface area contributed by atoms with Gasteiger partial charge in [0.1, 0.15) is 5.75 Å². The molecular weight excluding hydrogens is 432 g/mol. The smallest absolute Gasteiger partial charge is 0.262 e. The summed E-state index contributed by atoms with van der Waals surface area (Å²) < 4.78 is 8.84. The monoisotopic (exact) mass is 462 g/mol. The fraction of sp³-hybridized carbons (Fsp3) is 0.346. The molecule has 4 rings (SSSR count). The Bertz CT molecular complexity index is 1350. The van der Waals surface area contributed by atoms with Crippen LogP contribution in [0, 0.1) is 34.6 Å². The van der Waals surface area contributed by atoms with E-state index in [9.17, 15) is 4.79 Å². The molecule has 0 aliphatic rings. The highest BCUT2D eigenvalue weighted by molar-refractivity contribution is 7.21. The summed E-state index contributed by atoms with van der Waals surface area (Å²) in [7, 11) is 0. The number of benzene rings is 2. The average molecular weight is 463 g/mol. The molecule has 7 heteroatoms. The van der Waals surface area contributed by atoms with Gasteiger partial charge in [0.15, 0.2) is 6.61 Å². The lowest BCUT2D eigenvalue weighted by Gasteiger charge is -2.16. The van der Waals surface area contributed by atoms with Crippen LogP contribution in [0.1, 0.15) is 53.4 Å². The van der Waals surface area contributed by atoms with Crippen LogP contribution in [0.2, 0.25) is 0 Å². The third kappa shape index (κ3) is 4.64. The number of aryl methyl sites for hydroxylation is 5. The number of carbonyl (C=O) groups excluding carboxylic acids is 1. The van der Waals surface area contributed by atoms with Gasteiger partial charge in [0.05, 0.1) is 15.9 Å². The van der Waals surface area contributed by atoms with E-state index in [2.05, 4.69) is 36.4 Å². The molecule has 6 nitrogen and oxygen atoms in total. The maximum absolute atomic E-state index is 12.8. The van der Waals surface area contributed by atoms with Crippen LogP contribution in [0.3, 0.4) is 0 Å². The molecule has 0 saturated heterocycles. The number of thiazole rings is 1. The molecule has 2 aromatic heterocycles. The SMILES string of the molecule is Cc1ccc(C(C)C)c(OCC(=O)Nc2c(C)cc3nc(-n4nc(C)cc4C)sc3c2C)c1. The number of nitrogens with one attached hydrogen (secondary N) is 1. The molecule has 0 spiro atoms. The number of anilines is 1. The van der Waals surface area contributed by atoms with Crippen molar-refractivity contribution >= 4 is 33.1 Å². The molecule has 0 radical (unpaired) electrons. The van der Waals surface area contributed by atoms with Crippen LogP contribution in [0.15, 0.2) is 30.3 Å². The summed E-state index contributed by atoms with van der Waals surface area (Å²) in [6.45, 7) is 14.2. The second kappa shape index (κ2) is 8.98. The van der Waals surface area contributed by atoms with Crippen molar-refractivity contribution in [3.05, 3.63) is 64.0 Å². The van der Waals surface area contributed by atoms with Crippen molar-refractivity contribution < 1.29 is 9.53 Å². The summed E-state index contributed by atoms with van der Waals surface area (Å²) in [5.74, 6) is 0.902. The van der Waals surface area contributed by atoms with E-state index >= 15 is 0 Å². The van der Waals surface area contributed by atoms with Crippen LogP contribution in [0.5, 0.6) is 5.75 Å². The lowest BCUT2D eigenvalue weighted by molar-refractivity contribution is -0.118. The molecule has 33 heavy (non-hydrogen) atoms. The molecular formula is C26H30N4O2S. The van der Waals surface area contributed by atoms with E-state index in [4.69, 9.17) is 9.72 Å². The minimum Gasteiger partial charge on any atom is -0.483 e. The first kappa shape index (κ1) is 23.0. The lowest BCUT2D eigenvalue weighted by Crippen LogP contribution is -2.21. The molecule has 0 fully saturated rings. The van der Waals surface area contributed by atoms with Gasteiger partial charge in [-0.05, 0) is 81.0 Å². The van der Waals surface area contributed by atoms with Crippen LogP contribution < -0.4 is 10.1 Å². The number of nitrogens with zero attached hydrogens (tertiary/aromatic N) is 3. The van der Waals surface area contributed by atoms with Crippen molar-refractivity contribution in [2.45, 2.75) is 54.4 Å². The summed E-state index contributed by atoms with van der Waals surface area (Å²) in [6.07, 6.45) is 0. The number of hydrogen-bond acceptors (Lipinski definition) is 5. The molecule has 2 aromatic carbocycles. The number of aromatic nitrogens is 3. The Hall–Kier alpha value is -3.19. The third-order valence-corrected chi connectivity index (χ3v) is 6.88. The molecule has 1 N–H and O–H groups in total. The van der Waals surface area contributed by atoms with Crippen molar-refractivity contribution in [1.29, 1.82) is 0 Å². The zero-order valence-corrected chi connectivity index (χ0v) is 21.1. The van der Waals surface area contributed by atoms with Gasteiger partial charge in [-0.15, -0.1) is 0 Å². The van der Waals surface area contributed by atoms with E-state index in [-0.39, 0.29) is 12.5 Å². The molecule has 0 aliphatic heterocycles. The Morgan fingerprint density at radius 2 is 1.88 bits per heavy atom. The molecule has 172 valence electrons. The van der Waals surface area contributed by atoms with Crippen molar-refractivity contribution in [3.63, 3.8) is 0 Å². The first-order chi connectivity index (χ1) is 15.6. The molecule has 4 aromatic rings. The Morgan fingerprint density at radius 1 is 1.12 bits per heavy atom. The molecule has 1 amide bonds. The highest BCUT2D eigenvalue weighted by Gasteiger charge is 2.17. The highest BCUT2D eigenvalue weighted by atomic mass is 32.1. The third-order valence-electron chi connectivity index (χ3n) is 5.71. The predicted molar refractivity (Wildman–Crippen MR) is 135 cm³/mol. The normalized spacial score (nSPS) is 11.4. The van der Waals surface area contributed by atoms with E-state index in [1.165, 1.54) is 0 Å². The quantitative estimate of drug-likeness (QED) is 0.372. The van der Waals surface area contributed by atoms with Crippen LogP contribution in [-0.4, -0.2) is 27.3 Å². The lowest BCUT2D eigenvalue weighted by atomic mass is 10.0. The summed E-state index contributed by atoms with van der Waals surface area (Å²) >= 11 is 1.58. The summed E-state index contributed by atoms with van der Waals surface area (Å²) in [4.78, 5) is 17.6. The second-order valence-electron chi connectivity index (χ2n) is 8.91. The van der Waals surface area contributed by atoms with Crippen LogP contribution in [-0.2, 0) is 4.79 Å². The molecule has 0 unspecified atom stereocenters. The van der Waals surface area contributed by atoms with Crippen LogP contribution >= 0.6 is 11.3 Å². The van der Waals surface area contributed by atoms with Gasteiger partial charge in [-0.1, -0.05) is 37.3 Å². The number of rotatable bonds is 6. The average Bonchev–Trinajstić information content (AvgIpc) is 3.31. The first-order valence-electron chi connectivity index (χ1n) is 11.1. The van der Waals surface area contributed by atoms with Crippen molar-refractivity contribution in [3.8, 4) is 10.9 Å². The van der Waals surface area contributed by atoms with Gasteiger partial charge < -0.3 is 10.1 Å². The Labute approximate surface area is 198 Å². The maximum Gasteiger partial charge on any atom is 0.262 e. The Balaban J connectivity index is 1.57. The topological polar surface area (TPSA) is 69.0 Å². The number of fused-ring (bicyclic) bond motifs is 1. The molecule has 0 atom stereocenters. The minimum atomic E-state index is -0.181. The zero-order chi connectivity index (χ0) is 23.9. The van der Waals surface area contributed by atoms with Gasteiger partial charge in [0.2, 0.25) is 5.13 Å². The fourth-order valence-electron chi connectivity index (χ4n) is 4.04. The number of amides is 1. The zero-order valence-electron chi connectivity index (χ0n) is 20.2. The molecule has 0 saturated carbocycles. The van der Waals surface area contributed by atoms with Gasteiger partial charge in [-0.2, -0.15) is 5.10 Å². The first-order valence-corrected chi connectivity index (χ1v) is 11.9. The number of hydrogen-bond donors (Lipinski definition) is 1. The molecule has 0 aliphatic carbocycles. The van der Waals surface area contributed by atoms with E-state index in [1.54, 1.807) is 11.3 Å². The molecule has 0 bridgehead atoms. The van der Waals surface area contributed by atoms with Gasteiger partial charge in [0.25, 0.3) is 5.91 Å². The van der Waals surface area contributed by atoms with Gasteiger partial charge in [-0.3, -0.25) is 4.79 Å². The second-order valence-corrected chi connectivity index (χ2v) is 9.89. The van der Waals surface area contributed by atoms with Crippen LogP contribution in [0.25, 0.3) is 15.3 Å².